The van der Waals surface area contributed by atoms with E-state index in [2.05, 4.69) is 12.3 Å². The van der Waals surface area contributed by atoms with E-state index in [0.717, 1.165) is 17.7 Å². The highest BCUT2D eigenvalue weighted by Gasteiger charge is 2.09. The first-order chi connectivity index (χ1) is 7.15. The zero-order valence-corrected chi connectivity index (χ0v) is 10.7. The van der Waals surface area contributed by atoms with E-state index in [-0.39, 0.29) is 0 Å². The Morgan fingerprint density at radius 3 is 2.87 bits per heavy atom. The maximum absolute atomic E-state index is 8.45. The van der Waals surface area contributed by atoms with Crippen LogP contribution in [0.25, 0.3) is 0 Å². The summed E-state index contributed by atoms with van der Waals surface area (Å²) in [6.45, 7) is 2.10. The maximum atomic E-state index is 8.45. The molecule has 0 amide bonds. The lowest BCUT2D eigenvalue weighted by atomic mass is 10.0. The molecule has 0 aliphatic heterocycles. The Hall–Kier alpha value is -0.360. The molecular weight excluding hydrogens is 249 g/mol. The minimum Gasteiger partial charge on any atom is -0.185 e. The third-order valence-corrected chi connectivity index (χ3v) is 3.76. The fourth-order valence-corrected chi connectivity index (χ4v) is 2.19. The second-order valence-electron chi connectivity index (χ2n) is 3.42. The highest BCUT2D eigenvalue weighted by Crippen LogP contribution is 2.27. The van der Waals surface area contributed by atoms with Gasteiger partial charge in [0.1, 0.15) is 5.40 Å². The Labute approximate surface area is 104 Å². The lowest BCUT2D eigenvalue weighted by molar-refractivity contribution is 0.660. The average molecular weight is 260 g/mol. The number of hydrogen-bond acceptors (Lipinski definition) is 2. The lowest BCUT2D eigenvalue weighted by Gasteiger charge is -2.10. The number of halogens is 2. The predicted octanol–water partition coefficient (Wildman–Crippen LogP) is 4.39. The molecule has 0 N–H and O–H groups in total. The Balaban J connectivity index is 2.65. The molecule has 80 valence electrons. The highest BCUT2D eigenvalue weighted by molar-refractivity contribution is 8.03. The summed E-state index contributed by atoms with van der Waals surface area (Å²) in [5, 5.41) is 11.7. The normalized spacial score (nSPS) is 12.1. The van der Waals surface area contributed by atoms with Gasteiger partial charge >= 0.3 is 0 Å². The summed E-state index contributed by atoms with van der Waals surface area (Å²) in [5.41, 5.74) is 1.05. The quantitative estimate of drug-likeness (QED) is 0.750. The molecule has 1 nitrogen and oxygen atoms in total. The standard InChI is InChI=1S/C11H11Cl2NS/c1-8(6-15-7-14)5-9-3-2-4-10(12)11(9)13/h2-4,8H,5-6H2,1H3. The van der Waals surface area contributed by atoms with Crippen molar-refractivity contribution < 1.29 is 0 Å². The van der Waals surface area contributed by atoms with Crippen molar-refractivity contribution in [3.05, 3.63) is 33.8 Å². The molecule has 4 heteroatoms. The van der Waals surface area contributed by atoms with Crippen molar-refractivity contribution in [2.45, 2.75) is 13.3 Å². The van der Waals surface area contributed by atoms with Crippen molar-refractivity contribution in [3.63, 3.8) is 0 Å². The molecule has 15 heavy (non-hydrogen) atoms. The topological polar surface area (TPSA) is 23.8 Å². The van der Waals surface area contributed by atoms with E-state index in [1.807, 2.05) is 12.1 Å². The summed E-state index contributed by atoms with van der Waals surface area (Å²) in [7, 11) is 0. The van der Waals surface area contributed by atoms with Crippen LogP contribution in [0.5, 0.6) is 0 Å². The van der Waals surface area contributed by atoms with Gasteiger partial charge in [-0.3, -0.25) is 0 Å². The van der Waals surface area contributed by atoms with Gasteiger partial charge in [-0.15, -0.1) is 0 Å². The van der Waals surface area contributed by atoms with Crippen LogP contribution >= 0.6 is 35.0 Å². The second kappa shape index (κ2) is 6.27. The van der Waals surface area contributed by atoms with Gasteiger partial charge in [0, 0.05) is 5.75 Å². The summed E-state index contributed by atoms with van der Waals surface area (Å²) >= 11 is 13.3. The maximum Gasteiger partial charge on any atom is 0.133 e. The molecule has 0 aromatic heterocycles. The minimum absolute atomic E-state index is 0.422. The zero-order valence-electron chi connectivity index (χ0n) is 8.34. The number of rotatable bonds is 4. The minimum atomic E-state index is 0.422. The number of nitrogens with zero attached hydrogens (tertiary/aromatic N) is 1. The SMILES string of the molecule is CC(CSC#N)Cc1cccc(Cl)c1Cl. The molecule has 0 spiro atoms. The van der Waals surface area contributed by atoms with Gasteiger partial charge in [-0.1, -0.05) is 42.3 Å². The van der Waals surface area contributed by atoms with E-state index < -0.39 is 0 Å². The summed E-state index contributed by atoms with van der Waals surface area (Å²) < 4.78 is 0. The summed E-state index contributed by atoms with van der Waals surface area (Å²) in [6, 6.07) is 5.65. The van der Waals surface area contributed by atoms with Gasteiger partial charge in [0.25, 0.3) is 0 Å². The van der Waals surface area contributed by atoms with Crippen molar-refractivity contribution in [2.75, 3.05) is 5.75 Å². The number of thioether (sulfide) groups is 1. The van der Waals surface area contributed by atoms with E-state index in [4.69, 9.17) is 28.5 Å². The first-order valence-corrected chi connectivity index (χ1v) is 6.33. The van der Waals surface area contributed by atoms with E-state index >= 15 is 0 Å². The average Bonchev–Trinajstić information content (AvgIpc) is 2.22. The van der Waals surface area contributed by atoms with Crippen LogP contribution in [0.15, 0.2) is 18.2 Å². The number of hydrogen-bond donors (Lipinski definition) is 0. The molecule has 0 aliphatic rings. The van der Waals surface area contributed by atoms with Crippen LogP contribution in [-0.2, 0) is 6.42 Å². The van der Waals surface area contributed by atoms with Crippen LogP contribution < -0.4 is 0 Å². The molecule has 0 fully saturated rings. The molecule has 0 aliphatic carbocycles. The van der Waals surface area contributed by atoms with Crippen molar-refractivity contribution in [3.8, 4) is 5.40 Å². The van der Waals surface area contributed by atoms with Gasteiger partial charge in [0.05, 0.1) is 10.0 Å². The number of benzene rings is 1. The van der Waals surface area contributed by atoms with Crippen molar-refractivity contribution >= 4 is 35.0 Å². The van der Waals surface area contributed by atoms with E-state index in [0.29, 0.717) is 16.0 Å². The van der Waals surface area contributed by atoms with Gasteiger partial charge in [-0.2, -0.15) is 5.26 Å². The fraction of sp³-hybridized carbons (Fsp3) is 0.364. The Morgan fingerprint density at radius 2 is 2.20 bits per heavy atom. The van der Waals surface area contributed by atoms with Gasteiger partial charge in [-0.05, 0) is 35.7 Å². The van der Waals surface area contributed by atoms with E-state index in [1.165, 1.54) is 11.8 Å². The smallest absolute Gasteiger partial charge is 0.133 e. The Bertz CT molecular complexity index is 373. The van der Waals surface area contributed by atoms with Gasteiger partial charge in [-0.25, -0.2) is 0 Å². The molecule has 0 bridgehead atoms. The zero-order chi connectivity index (χ0) is 11.3. The molecular formula is C11H11Cl2NS. The number of thiocyanates is 1. The lowest BCUT2D eigenvalue weighted by Crippen LogP contribution is -2.02. The molecule has 1 atom stereocenters. The van der Waals surface area contributed by atoms with Crippen LogP contribution in [-0.4, -0.2) is 5.75 Å². The van der Waals surface area contributed by atoms with Crippen LogP contribution in [0.4, 0.5) is 0 Å². The predicted molar refractivity (Wildman–Crippen MR) is 67.4 cm³/mol. The fourth-order valence-electron chi connectivity index (χ4n) is 1.32. The molecule has 1 aromatic carbocycles. The Kier molecular flexibility index (Phi) is 5.31. The van der Waals surface area contributed by atoms with Gasteiger partial charge in [0.15, 0.2) is 0 Å². The molecule has 1 aromatic rings. The van der Waals surface area contributed by atoms with E-state index in [9.17, 15) is 0 Å². The monoisotopic (exact) mass is 259 g/mol. The molecule has 0 heterocycles. The molecule has 0 saturated heterocycles. The van der Waals surface area contributed by atoms with Gasteiger partial charge < -0.3 is 0 Å². The van der Waals surface area contributed by atoms with Crippen LogP contribution in [0.2, 0.25) is 10.0 Å². The summed E-state index contributed by atoms with van der Waals surface area (Å²) in [6.07, 6.45) is 0.855. The van der Waals surface area contributed by atoms with Crippen molar-refractivity contribution in [2.24, 2.45) is 5.92 Å². The van der Waals surface area contributed by atoms with Gasteiger partial charge in [0.2, 0.25) is 0 Å². The first-order valence-electron chi connectivity index (χ1n) is 4.59. The second-order valence-corrected chi connectivity index (χ2v) is 5.01. The molecule has 0 saturated carbocycles. The largest absolute Gasteiger partial charge is 0.185 e. The summed E-state index contributed by atoms with van der Waals surface area (Å²) in [4.78, 5) is 0. The third-order valence-electron chi connectivity index (χ3n) is 2.03. The van der Waals surface area contributed by atoms with Crippen LogP contribution in [0.1, 0.15) is 12.5 Å². The molecule has 1 unspecified atom stereocenters. The highest BCUT2D eigenvalue weighted by atomic mass is 35.5. The summed E-state index contributed by atoms with van der Waals surface area (Å²) in [5.74, 6) is 1.24. The van der Waals surface area contributed by atoms with Crippen LogP contribution in [0.3, 0.4) is 0 Å². The first kappa shape index (κ1) is 12.7. The van der Waals surface area contributed by atoms with Crippen molar-refractivity contribution in [1.29, 1.82) is 5.26 Å². The molecule has 1 rings (SSSR count). The van der Waals surface area contributed by atoms with Crippen LogP contribution in [0, 0.1) is 16.6 Å². The van der Waals surface area contributed by atoms with Crippen molar-refractivity contribution in [1.82, 2.24) is 0 Å². The van der Waals surface area contributed by atoms with E-state index in [1.54, 1.807) is 6.07 Å². The number of nitriles is 1. The third kappa shape index (κ3) is 3.95. The Morgan fingerprint density at radius 1 is 1.47 bits per heavy atom. The molecule has 0 radical (unpaired) electrons.